The van der Waals surface area contributed by atoms with Crippen LogP contribution < -0.4 is 0 Å². The van der Waals surface area contributed by atoms with Crippen molar-refractivity contribution >= 4 is 31.9 Å². The predicted molar refractivity (Wildman–Crippen MR) is 90.7 cm³/mol. The molecule has 0 spiro atoms. The molecule has 19 heavy (non-hydrogen) atoms. The van der Waals surface area contributed by atoms with Crippen LogP contribution in [-0.2, 0) is 0 Å². The molecule has 0 nitrogen and oxygen atoms in total. The second kappa shape index (κ2) is 6.30. The van der Waals surface area contributed by atoms with Crippen molar-refractivity contribution in [3.8, 4) is 0 Å². The number of alkyl halides is 1. The summed E-state index contributed by atoms with van der Waals surface area (Å²) in [5.74, 6) is 1.69. The van der Waals surface area contributed by atoms with Gasteiger partial charge in [0.15, 0.2) is 0 Å². The lowest BCUT2D eigenvalue weighted by Crippen LogP contribution is -2.27. The van der Waals surface area contributed by atoms with E-state index in [0.717, 1.165) is 16.3 Å². The summed E-state index contributed by atoms with van der Waals surface area (Å²) in [5, 5.41) is 0. The minimum Gasteiger partial charge on any atom is -0.0836 e. The molecule has 1 saturated carbocycles. The molecule has 2 heteroatoms. The summed E-state index contributed by atoms with van der Waals surface area (Å²) in [6.07, 6.45) is 5.47. The van der Waals surface area contributed by atoms with Gasteiger partial charge in [-0.05, 0) is 60.6 Å². The summed E-state index contributed by atoms with van der Waals surface area (Å²) in [6, 6.07) is 8.76. The summed E-state index contributed by atoms with van der Waals surface area (Å²) in [6.45, 7) is 7.16. The Morgan fingerprint density at radius 3 is 2.00 bits per heavy atom. The Kier molecular flexibility index (Phi) is 5.16. The van der Waals surface area contributed by atoms with Crippen molar-refractivity contribution in [3.63, 3.8) is 0 Å². The van der Waals surface area contributed by atoms with Crippen molar-refractivity contribution in [1.29, 1.82) is 0 Å². The second-order valence-corrected chi connectivity index (χ2v) is 8.83. The first kappa shape index (κ1) is 15.6. The number of halogens is 2. The minimum atomic E-state index is 0.477. The van der Waals surface area contributed by atoms with Gasteiger partial charge in [0.1, 0.15) is 0 Å². The molecule has 0 N–H and O–H groups in total. The van der Waals surface area contributed by atoms with E-state index in [1.807, 2.05) is 0 Å². The van der Waals surface area contributed by atoms with E-state index in [0.29, 0.717) is 10.2 Å². The van der Waals surface area contributed by atoms with Gasteiger partial charge in [-0.1, -0.05) is 64.8 Å². The van der Waals surface area contributed by atoms with Crippen LogP contribution in [-0.4, -0.2) is 0 Å². The van der Waals surface area contributed by atoms with Crippen LogP contribution in [0.2, 0.25) is 0 Å². The molecule has 0 heterocycles. The van der Waals surface area contributed by atoms with Crippen molar-refractivity contribution in [2.24, 2.45) is 17.3 Å². The highest BCUT2D eigenvalue weighted by atomic mass is 79.9. The summed E-state index contributed by atoms with van der Waals surface area (Å²) >= 11 is 7.43. The number of benzene rings is 1. The van der Waals surface area contributed by atoms with Gasteiger partial charge < -0.3 is 0 Å². The van der Waals surface area contributed by atoms with Crippen molar-refractivity contribution < 1.29 is 0 Å². The fourth-order valence-electron chi connectivity index (χ4n) is 3.20. The number of hydrogen-bond donors (Lipinski definition) is 0. The zero-order valence-corrected chi connectivity index (χ0v) is 15.3. The van der Waals surface area contributed by atoms with E-state index in [1.165, 1.54) is 31.2 Å². The molecule has 0 radical (unpaired) electrons. The Labute approximate surface area is 134 Å². The molecule has 1 aliphatic carbocycles. The molecule has 0 aliphatic heterocycles. The highest BCUT2D eigenvalue weighted by Gasteiger charge is 2.32. The lowest BCUT2D eigenvalue weighted by molar-refractivity contribution is 0.149. The van der Waals surface area contributed by atoms with E-state index in [9.17, 15) is 0 Å². The molecule has 1 atom stereocenters. The molecule has 1 aromatic rings. The van der Waals surface area contributed by atoms with Crippen LogP contribution in [0.25, 0.3) is 0 Å². The van der Waals surface area contributed by atoms with Crippen molar-refractivity contribution in [3.05, 3.63) is 34.3 Å². The van der Waals surface area contributed by atoms with E-state index >= 15 is 0 Å². The van der Waals surface area contributed by atoms with Gasteiger partial charge in [-0.15, -0.1) is 0 Å². The number of hydrogen-bond acceptors (Lipinski definition) is 0. The maximum Gasteiger partial charge on any atom is 0.0423 e. The third kappa shape index (κ3) is 4.07. The van der Waals surface area contributed by atoms with E-state index in [4.69, 9.17) is 0 Å². The van der Waals surface area contributed by atoms with Gasteiger partial charge >= 0.3 is 0 Å². The van der Waals surface area contributed by atoms with Crippen LogP contribution in [0, 0.1) is 17.3 Å². The lowest BCUT2D eigenvalue weighted by Gasteiger charge is -2.38. The quantitative estimate of drug-likeness (QED) is 0.493. The van der Waals surface area contributed by atoms with Crippen molar-refractivity contribution in [1.82, 2.24) is 0 Å². The van der Waals surface area contributed by atoms with Gasteiger partial charge in [0.05, 0.1) is 0 Å². The van der Waals surface area contributed by atoms with Gasteiger partial charge in [-0.3, -0.25) is 0 Å². The highest BCUT2D eigenvalue weighted by molar-refractivity contribution is 9.10. The van der Waals surface area contributed by atoms with Crippen LogP contribution in [0.5, 0.6) is 0 Å². The summed E-state index contributed by atoms with van der Waals surface area (Å²) in [5.41, 5.74) is 1.90. The highest BCUT2D eigenvalue weighted by Crippen LogP contribution is 2.46. The largest absolute Gasteiger partial charge is 0.0836 e. The van der Waals surface area contributed by atoms with E-state index in [2.05, 4.69) is 76.9 Å². The maximum atomic E-state index is 3.93. The van der Waals surface area contributed by atoms with Gasteiger partial charge in [0.25, 0.3) is 0 Å². The van der Waals surface area contributed by atoms with Crippen LogP contribution in [0.15, 0.2) is 28.7 Å². The lowest BCUT2D eigenvalue weighted by atomic mass is 9.69. The first-order valence-corrected chi connectivity index (χ1v) is 8.98. The molecule has 1 aromatic carbocycles. The van der Waals surface area contributed by atoms with E-state index in [-0.39, 0.29) is 0 Å². The molecule has 1 unspecified atom stereocenters. The molecular weight excluding hydrogens is 364 g/mol. The molecule has 2 rings (SSSR count). The van der Waals surface area contributed by atoms with Crippen LogP contribution in [0.4, 0.5) is 0 Å². The molecule has 0 aromatic heterocycles. The van der Waals surface area contributed by atoms with Crippen LogP contribution in [0.1, 0.15) is 56.8 Å². The molecule has 0 amide bonds. The molecular formula is C17H24Br2. The average Bonchev–Trinajstić information content (AvgIpc) is 2.38. The second-order valence-electron chi connectivity index (χ2n) is 6.93. The molecule has 1 fully saturated rings. The first-order chi connectivity index (χ1) is 8.88. The van der Waals surface area contributed by atoms with Crippen LogP contribution in [0.3, 0.4) is 0 Å². The average molecular weight is 388 g/mol. The Hall–Kier alpha value is 0.180. The Morgan fingerprint density at radius 2 is 1.53 bits per heavy atom. The van der Waals surface area contributed by atoms with E-state index in [1.54, 1.807) is 0 Å². The normalized spacial score (nSPS) is 26.2. The topological polar surface area (TPSA) is 0 Å². The van der Waals surface area contributed by atoms with Crippen molar-refractivity contribution in [2.45, 2.75) is 51.3 Å². The third-order valence-corrected chi connectivity index (χ3v) is 6.40. The molecule has 0 saturated heterocycles. The Morgan fingerprint density at radius 1 is 1.00 bits per heavy atom. The fraction of sp³-hybridized carbons (Fsp3) is 0.647. The van der Waals surface area contributed by atoms with Gasteiger partial charge in [-0.2, -0.15) is 0 Å². The molecule has 0 bridgehead atoms. The van der Waals surface area contributed by atoms with Crippen LogP contribution >= 0.6 is 31.9 Å². The van der Waals surface area contributed by atoms with E-state index < -0.39 is 0 Å². The molecule has 106 valence electrons. The first-order valence-electron chi connectivity index (χ1n) is 7.27. The minimum absolute atomic E-state index is 0.477. The standard InChI is InChI=1S/C17H24Br2/c1-17(2,3)14-8-4-12(5-9-14)16(19)13-6-10-15(18)11-7-13/h6-7,10-12,14,16H,4-5,8-9H2,1-3H3. The zero-order chi connectivity index (χ0) is 14.0. The van der Waals surface area contributed by atoms with Gasteiger partial charge in [0, 0.05) is 9.30 Å². The molecule has 1 aliphatic rings. The monoisotopic (exact) mass is 386 g/mol. The summed E-state index contributed by atoms with van der Waals surface area (Å²) in [7, 11) is 0. The maximum absolute atomic E-state index is 3.93. The summed E-state index contributed by atoms with van der Waals surface area (Å²) in [4.78, 5) is 0.515. The zero-order valence-electron chi connectivity index (χ0n) is 12.1. The smallest absolute Gasteiger partial charge is 0.0423 e. The summed E-state index contributed by atoms with van der Waals surface area (Å²) < 4.78 is 1.16. The fourth-order valence-corrected chi connectivity index (χ4v) is 4.29. The van der Waals surface area contributed by atoms with Crippen molar-refractivity contribution in [2.75, 3.05) is 0 Å². The Bertz CT molecular complexity index is 394. The third-order valence-electron chi connectivity index (χ3n) is 4.60. The number of rotatable bonds is 2. The predicted octanol–water partition coefficient (Wildman–Crippen LogP) is 6.74. The van der Waals surface area contributed by atoms with Gasteiger partial charge in [0.2, 0.25) is 0 Å². The van der Waals surface area contributed by atoms with Gasteiger partial charge in [-0.25, -0.2) is 0 Å². The Balaban J connectivity index is 1.96. The SMILES string of the molecule is CC(C)(C)C1CCC(C(Br)c2ccc(Br)cc2)CC1.